The molecular formula is C15H21BrClN. The summed E-state index contributed by atoms with van der Waals surface area (Å²) in [7, 11) is 0. The molecule has 0 heterocycles. The first kappa shape index (κ1) is 14.4. The summed E-state index contributed by atoms with van der Waals surface area (Å²) in [6.07, 6.45) is 3.74. The minimum Gasteiger partial charge on any atom is -0.324 e. The molecule has 0 amide bonds. The van der Waals surface area contributed by atoms with Crippen molar-refractivity contribution in [1.29, 1.82) is 0 Å². The highest BCUT2D eigenvalue weighted by molar-refractivity contribution is 9.10. The number of nitrogens with two attached hydrogens (primary N) is 1. The van der Waals surface area contributed by atoms with E-state index in [0.29, 0.717) is 5.92 Å². The average Bonchev–Trinajstić information content (AvgIpc) is 2.35. The maximum absolute atomic E-state index is 6.46. The van der Waals surface area contributed by atoms with E-state index in [-0.39, 0.29) is 6.04 Å². The van der Waals surface area contributed by atoms with Crippen molar-refractivity contribution < 1.29 is 0 Å². The van der Waals surface area contributed by atoms with Gasteiger partial charge in [-0.15, -0.1) is 0 Å². The van der Waals surface area contributed by atoms with Crippen LogP contribution in [0.15, 0.2) is 22.7 Å². The molecule has 1 fully saturated rings. The molecule has 4 atom stereocenters. The van der Waals surface area contributed by atoms with Crippen LogP contribution in [0.2, 0.25) is 5.02 Å². The summed E-state index contributed by atoms with van der Waals surface area (Å²) in [5.41, 5.74) is 7.61. The largest absolute Gasteiger partial charge is 0.324 e. The van der Waals surface area contributed by atoms with Gasteiger partial charge in [-0.2, -0.15) is 0 Å². The number of hydrogen-bond donors (Lipinski definition) is 1. The zero-order valence-corrected chi connectivity index (χ0v) is 13.3. The molecule has 4 unspecified atom stereocenters. The van der Waals surface area contributed by atoms with Gasteiger partial charge < -0.3 is 5.73 Å². The Hall–Kier alpha value is -0.0500. The van der Waals surface area contributed by atoms with E-state index in [9.17, 15) is 0 Å². The highest BCUT2D eigenvalue weighted by Crippen LogP contribution is 2.40. The Morgan fingerprint density at radius 2 is 2.00 bits per heavy atom. The molecule has 2 rings (SSSR count). The van der Waals surface area contributed by atoms with Crippen LogP contribution in [0.4, 0.5) is 0 Å². The van der Waals surface area contributed by atoms with Crippen molar-refractivity contribution >= 4 is 27.5 Å². The lowest BCUT2D eigenvalue weighted by Crippen LogP contribution is -2.29. The smallest absolute Gasteiger partial charge is 0.0410 e. The van der Waals surface area contributed by atoms with Gasteiger partial charge in [0.1, 0.15) is 0 Å². The minimum atomic E-state index is 0.0908. The molecule has 18 heavy (non-hydrogen) atoms. The lowest BCUT2D eigenvalue weighted by molar-refractivity contribution is 0.186. The van der Waals surface area contributed by atoms with Crippen LogP contribution >= 0.6 is 27.5 Å². The van der Waals surface area contributed by atoms with Gasteiger partial charge in [0, 0.05) is 15.5 Å². The van der Waals surface area contributed by atoms with Gasteiger partial charge in [0.15, 0.2) is 0 Å². The van der Waals surface area contributed by atoms with E-state index in [1.54, 1.807) is 0 Å². The fraction of sp³-hybridized carbons (Fsp3) is 0.600. The maximum atomic E-state index is 6.46. The van der Waals surface area contributed by atoms with E-state index in [1.165, 1.54) is 19.3 Å². The van der Waals surface area contributed by atoms with E-state index in [2.05, 4.69) is 29.8 Å². The molecule has 0 aromatic heterocycles. The van der Waals surface area contributed by atoms with E-state index >= 15 is 0 Å². The lowest BCUT2D eigenvalue weighted by Gasteiger charge is -2.35. The predicted molar refractivity (Wildman–Crippen MR) is 81.7 cm³/mol. The molecule has 3 heteroatoms. The van der Waals surface area contributed by atoms with Crippen LogP contribution in [0, 0.1) is 17.8 Å². The summed E-state index contributed by atoms with van der Waals surface area (Å²) in [5, 5.41) is 0.765. The Bertz CT molecular complexity index is 421. The van der Waals surface area contributed by atoms with Crippen LogP contribution in [0.5, 0.6) is 0 Å². The molecule has 2 N–H and O–H groups in total. The molecule has 0 aliphatic heterocycles. The number of halogens is 2. The van der Waals surface area contributed by atoms with Crippen LogP contribution in [-0.2, 0) is 0 Å². The Morgan fingerprint density at radius 3 is 2.67 bits per heavy atom. The number of hydrogen-bond acceptors (Lipinski definition) is 1. The summed E-state index contributed by atoms with van der Waals surface area (Å²) in [6, 6.07) is 5.98. The Labute approximate surface area is 123 Å². The summed E-state index contributed by atoms with van der Waals surface area (Å²) in [6.45, 7) is 4.69. The van der Waals surface area contributed by atoms with Gasteiger partial charge in [0.25, 0.3) is 0 Å². The Kier molecular flexibility index (Phi) is 4.74. The molecule has 1 aromatic rings. The van der Waals surface area contributed by atoms with Gasteiger partial charge in [0.2, 0.25) is 0 Å². The molecule has 1 aliphatic carbocycles. The van der Waals surface area contributed by atoms with E-state index in [4.69, 9.17) is 17.3 Å². The van der Waals surface area contributed by atoms with Gasteiger partial charge in [-0.1, -0.05) is 47.8 Å². The van der Waals surface area contributed by atoms with Gasteiger partial charge >= 0.3 is 0 Å². The molecule has 1 saturated carbocycles. The van der Waals surface area contributed by atoms with Gasteiger partial charge in [-0.25, -0.2) is 0 Å². The maximum Gasteiger partial charge on any atom is 0.0410 e. The molecular weight excluding hydrogens is 310 g/mol. The van der Waals surface area contributed by atoms with Crippen molar-refractivity contribution in [3.8, 4) is 0 Å². The summed E-state index contributed by atoms with van der Waals surface area (Å²) in [4.78, 5) is 0. The van der Waals surface area contributed by atoms with Crippen LogP contribution < -0.4 is 5.73 Å². The van der Waals surface area contributed by atoms with E-state index in [0.717, 1.165) is 26.9 Å². The highest BCUT2D eigenvalue weighted by atomic mass is 79.9. The topological polar surface area (TPSA) is 26.0 Å². The molecule has 0 spiro atoms. The van der Waals surface area contributed by atoms with Crippen molar-refractivity contribution in [3.05, 3.63) is 33.3 Å². The molecule has 1 aliphatic rings. The van der Waals surface area contributed by atoms with Crippen molar-refractivity contribution in [1.82, 2.24) is 0 Å². The first-order chi connectivity index (χ1) is 8.49. The van der Waals surface area contributed by atoms with Crippen LogP contribution in [0.25, 0.3) is 0 Å². The van der Waals surface area contributed by atoms with Gasteiger partial charge in [-0.05, 0) is 54.4 Å². The van der Waals surface area contributed by atoms with Crippen LogP contribution in [0.1, 0.15) is 44.7 Å². The monoisotopic (exact) mass is 329 g/mol. The van der Waals surface area contributed by atoms with Crippen molar-refractivity contribution in [3.63, 3.8) is 0 Å². The van der Waals surface area contributed by atoms with Gasteiger partial charge in [-0.3, -0.25) is 0 Å². The van der Waals surface area contributed by atoms with E-state index < -0.39 is 0 Å². The van der Waals surface area contributed by atoms with Crippen molar-refractivity contribution in [2.45, 2.75) is 39.2 Å². The fourth-order valence-corrected chi connectivity index (χ4v) is 3.63. The second-order valence-corrected chi connectivity index (χ2v) is 7.01. The second kappa shape index (κ2) is 5.94. The normalized spacial score (nSPS) is 30.2. The zero-order chi connectivity index (χ0) is 13.3. The van der Waals surface area contributed by atoms with E-state index in [1.807, 2.05) is 18.2 Å². The SMILES string of the molecule is CC1CCC(C(N)c2cc(Cl)ccc2Br)CC1C. The average molecular weight is 331 g/mol. The van der Waals surface area contributed by atoms with Crippen molar-refractivity contribution in [2.75, 3.05) is 0 Å². The fourth-order valence-electron chi connectivity index (χ4n) is 2.94. The standard InChI is InChI=1S/C15H21BrClN/c1-9-3-4-11(7-10(9)2)15(18)13-8-12(17)5-6-14(13)16/h5-6,8-11,15H,3-4,7,18H2,1-2H3. The summed E-state index contributed by atoms with van der Waals surface area (Å²) < 4.78 is 1.07. The second-order valence-electron chi connectivity index (χ2n) is 5.72. The van der Waals surface area contributed by atoms with Crippen LogP contribution in [0.3, 0.4) is 0 Å². The first-order valence-corrected chi connectivity index (χ1v) is 7.86. The van der Waals surface area contributed by atoms with Crippen LogP contribution in [-0.4, -0.2) is 0 Å². The van der Waals surface area contributed by atoms with Crippen molar-refractivity contribution in [2.24, 2.45) is 23.5 Å². The molecule has 0 bridgehead atoms. The molecule has 0 radical (unpaired) electrons. The third-order valence-electron chi connectivity index (χ3n) is 4.46. The lowest BCUT2D eigenvalue weighted by atomic mass is 9.72. The van der Waals surface area contributed by atoms with Gasteiger partial charge in [0.05, 0.1) is 0 Å². The summed E-state index contributed by atoms with van der Waals surface area (Å²) in [5.74, 6) is 2.18. The zero-order valence-electron chi connectivity index (χ0n) is 11.0. The quantitative estimate of drug-likeness (QED) is 0.795. The highest BCUT2D eigenvalue weighted by Gasteiger charge is 2.29. The molecule has 1 aromatic carbocycles. The third kappa shape index (κ3) is 3.09. The molecule has 1 nitrogen and oxygen atoms in total. The Balaban J connectivity index is 2.16. The first-order valence-electron chi connectivity index (χ1n) is 6.69. The number of benzene rings is 1. The summed E-state index contributed by atoms with van der Waals surface area (Å²) >= 11 is 9.66. The number of rotatable bonds is 2. The molecule has 0 saturated heterocycles. The molecule has 100 valence electrons. The third-order valence-corrected chi connectivity index (χ3v) is 5.42. The predicted octanol–water partition coefficient (Wildman–Crippen LogP) is 5.17. The minimum absolute atomic E-state index is 0.0908. The Morgan fingerprint density at radius 1 is 1.28 bits per heavy atom.